The normalized spacial score (nSPS) is 13.2. The molecular weight excluding hydrogens is 390 g/mol. The average Bonchev–Trinajstić information content (AvgIpc) is 2.62. The lowest BCUT2D eigenvalue weighted by atomic mass is 9.87. The minimum atomic E-state index is -2.79. The Bertz CT molecular complexity index is 719. The number of hydrogen-bond acceptors (Lipinski definition) is 7. The van der Waals surface area contributed by atoms with E-state index in [0.29, 0.717) is 5.56 Å². The molecule has 0 spiro atoms. The first kappa shape index (κ1) is 25.4. The highest BCUT2D eigenvalue weighted by Gasteiger charge is 2.58. The van der Waals surface area contributed by atoms with Crippen LogP contribution in [0.3, 0.4) is 0 Å². The number of amides is 1. The Morgan fingerprint density at radius 3 is 1.73 bits per heavy atom. The molecule has 30 heavy (non-hydrogen) atoms. The number of ether oxygens (including phenoxy) is 3. The molecule has 168 valence electrons. The largest absolute Gasteiger partial charge is 0.457 e. The molecule has 1 amide bonds. The van der Waals surface area contributed by atoms with E-state index >= 15 is 0 Å². The van der Waals surface area contributed by atoms with Crippen LogP contribution in [0.5, 0.6) is 0 Å². The van der Waals surface area contributed by atoms with Crippen molar-refractivity contribution in [2.45, 2.75) is 70.8 Å². The summed E-state index contributed by atoms with van der Waals surface area (Å²) in [7, 11) is 2.50. The third kappa shape index (κ3) is 6.73. The minimum Gasteiger partial charge on any atom is -0.457 e. The van der Waals surface area contributed by atoms with Crippen molar-refractivity contribution in [1.82, 2.24) is 4.90 Å². The third-order valence-corrected chi connectivity index (χ3v) is 4.10. The third-order valence-electron chi connectivity index (χ3n) is 4.10. The summed E-state index contributed by atoms with van der Waals surface area (Å²) in [6.07, 6.45) is -0.858. The average molecular weight is 424 g/mol. The SMILES string of the molecule is COC(=O)N(C)[C@@H](Cc1ccccc1)C(O)(C(=O)OC(C)(C)C)C(=O)OC(C)(C)C. The van der Waals surface area contributed by atoms with E-state index in [1.54, 1.807) is 71.9 Å². The van der Waals surface area contributed by atoms with Gasteiger partial charge in [-0.3, -0.25) is 0 Å². The molecule has 1 N–H and O–H groups in total. The van der Waals surface area contributed by atoms with Crippen molar-refractivity contribution in [1.29, 1.82) is 0 Å². The van der Waals surface area contributed by atoms with Gasteiger partial charge in [0.25, 0.3) is 5.60 Å². The Labute approximate surface area is 178 Å². The highest BCUT2D eigenvalue weighted by Crippen LogP contribution is 2.28. The highest BCUT2D eigenvalue weighted by molar-refractivity contribution is 6.05. The molecule has 0 aliphatic rings. The van der Waals surface area contributed by atoms with Gasteiger partial charge in [-0.25, -0.2) is 14.4 Å². The topological polar surface area (TPSA) is 102 Å². The van der Waals surface area contributed by atoms with Crippen LogP contribution in [0, 0.1) is 0 Å². The van der Waals surface area contributed by atoms with Crippen LogP contribution in [0.25, 0.3) is 0 Å². The van der Waals surface area contributed by atoms with Crippen LogP contribution >= 0.6 is 0 Å². The zero-order chi connectivity index (χ0) is 23.3. The molecule has 1 aromatic rings. The van der Waals surface area contributed by atoms with Crippen molar-refractivity contribution in [2.24, 2.45) is 0 Å². The van der Waals surface area contributed by atoms with Crippen LogP contribution < -0.4 is 0 Å². The van der Waals surface area contributed by atoms with E-state index in [4.69, 9.17) is 14.2 Å². The van der Waals surface area contributed by atoms with Gasteiger partial charge in [-0.15, -0.1) is 0 Å². The van der Waals surface area contributed by atoms with E-state index in [-0.39, 0.29) is 6.42 Å². The van der Waals surface area contributed by atoms with Gasteiger partial charge in [0, 0.05) is 7.05 Å². The van der Waals surface area contributed by atoms with Crippen LogP contribution in [-0.4, -0.2) is 65.0 Å². The van der Waals surface area contributed by atoms with Crippen molar-refractivity contribution >= 4 is 18.0 Å². The van der Waals surface area contributed by atoms with Crippen LogP contribution in [0.2, 0.25) is 0 Å². The van der Waals surface area contributed by atoms with Gasteiger partial charge >= 0.3 is 18.0 Å². The molecule has 1 aromatic carbocycles. The quantitative estimate of drug-likeness (QED) is 0.426. The molecule has 0 bridgehead atoms. The molecule has 0 saturated carbocycles. The van der Waals surface area contributed by atoms with E-state index in [1.165, 1.54) is 14.2 Å². The smallest absolute Gasteiger partial charge is 0.409 e. The predicted molar refractivity (Wildman–Crippen MR) is 111 cm³/mol. The summed E-state index contributed by atoms with van der Waals surface area (Å²) < 4.78 is 15.5. The lowest BCUT2D eigenvalue weighted by Crippen LogP contribution is -2.65. The number of methoxy groups -OCH3 is 1. The van der Waals surface area contributed by atoms with Crippen LogP contribution in [0.4, 0.5) is 4.79 Å². The summed E-state index contributed by atoms with van der Waals surface area (Å²) in [5, 5.41) is 11.5. The zero-order valence-corrected chi connectivity index (χ0v) is 19.0. The summed E-state index contributed by atoms with van der Waals surface area (Å²) in [6.45, 7) is 9.65. The van der Waals surface area contributed by atoms with Crippen molar-refractivity contribution in [3.63, 3.8) is 0 Å². The van der Waals surface area contributed by atoms with E-state index < -0.39 is 40.9 Å². The highest BCUT2D eigenvalue weighted by atomic mass is 16.6. The number of carbonyl (C=O) groups excluding carboxylic acids is 3. The standard InChI is InChI=1S/C22H33NO7/c1-20(2,3)29-17(24)22(27,18(25)30-21(4,5)6)16(23(7)19(26)28-8)14-15-12-10-9-11-13-15/h9-13,16,27H,14H2,1-8H3/t16-/m0/s1. The van der Waals surface area contributed by atoms with E-state index in [2.05, 4.69) is 0 Å². The second-order valence-electron chi connectivity index (χ2n) is 9.06. The molecule has 0 aliphatic carbocycles. The van der Waals surface area contributed by atoms with E-state index in [1.807, 2.05) is 0 Å². The first-order valence-corrected chi connectivity index (χ1v) is 9.66. The van der Waals surface area contributed by atoms with Crippen LogP contribution in [0.1, 0.15) is 47.1 Å². The Hall–Kier alpha value is -2.61. The van der Waals surface area contributed by atoms with Gasteiger partial charge in [0.1, 0.15) is 11.2 Å². The molecule has 8 nitrogen and oxygen atoms in total. The van der Waals surface area contributed by atoms with Crippen LogP contribution in [-0.2, 0) is 30.2 Å². The number of likely N-dealkylation sites (N-methyl/N-ethyl adjacent to an activating group) is 1. The fourth-order valence-corrected chi connectivity index (χ4v) is 2.74. The van der Waals surface area contributed by atoms with Crippen molar-refractivity contribution < 1.29 is 33.7 Å². The zero-order valence-electron chi connectivity index (χ0n) is 19.0. The number of esters is 2. The second-order valence-corrected chi connectivity index (χ2v) is 9.06. The molecule has 0 heterocycles. The first-order valence-electron chi connectivity index (χ1n) is 9.66. The lowest BCUT2D eigenvalue weighted by molar-refractivity contribution is -0.203. The van der Waals surface area contributed by atoms with Gasteiger partial charge in [-0.1, -0.05) is 30.3 Å². The molecule has 0 unspecified atom stereocenters. The van der Waals surface area contributed by atoms with E-state index in [0.717, 1.165) is 4.90 Å². The fourth-order valence-electron chi connectivity index (χ4n) is 2.74. The minimum absolute atomic E-state index is 0.0264. The van der Waals surface area contributed by atoms with Crippen LogP contribution in [0.15, 0.2) is 30.3 Å². The maximum atomic E-state index is 13.1. The fraction of sp³-hybridized carbons (Fsp3) is 0.591. The van der Waals surface area contributed by atoms with Gasteiger partial charge < -0.3 is 24.2 Å². The number of rotatable bonds is 6. The Kier molecular flexibility index (Phi) is 8.02. The van der Waals surface area contributed by atoms with Gasteiger partial charge in [0.2, 0.25) is 0 Å². The summed E-state index contributed by atoms with van der Waals surface area (Å²) in [5.74, 6) is -2.41. The number of nitrogens with zero attached hydrogens (tertiary/aromatic N) is 1. The van der Waals surface area contributed by atoms with Gasteiger partial charge in [0.15, 0.2) is 0 Å². The number of carbonyl (C=O) groups is 3. The molecule has 8 heteroatoms. The molecule has 1 atom stereocenters. The Morgan fingerprint density at radius 2 is 1.37 bits per heavy atom. The van der Waals surface area contributed by atoms with Crippen molar-refractivity contribution in [3.8, 4) is 0 Å². The number of benzene rings is 1. The summed E-state index contributed by atoms with van der Waals surface area (Å²) in [4.78, 5) is 39.5. The predicted octanol–water partition coefficient (Wildman–Crippen LogP) is 2.71. The number of aliphatic hydroxyl groups is 1. The summed E-state index contributed by atoms with van der Waals surface area (Å²) >= 11 is 0. The molecule has 0 radical (unpaired) electrons. The molecule has 0 aliphatic heterocycles. The summed E-state index contributed by atoms with van der Waals surface area (Å²) in [6, 6.07) is 7.49. The molecule has 0 aromatic heterocycles. The molecular formula is C22H33NO7. The molecule has 0 saturated heterocycles. The van der Waals surface area contributed by atoms with E-state index in [9.17, 15) is 19.5 Å². The lowest BCUT2D eigenvalue weighted by Gasteiger charge is -2.39. The Balaban J connectivity index is 3.57. The Morgan fingerprint density at radius 1 is 0.933 bits per heavy atom. The maximum absolute atomic E-state index is 13.1. The monoisotopic (exact) mass is 423 g/mol. The first-order chi connectivity index (χ1) is 13.6. The summed E-state index contributed by atoms with van der Waals surface area (Å²) in [5.41, 5.74) is -4.09. The molecule has 1 rings (SSSR count). The van der Waals surface area contributed by atoms with Gasteiger partial charge in [0.05, 0.1) is 13.2 Å². The van der Waals surface area contributed by atoms with Crippen molar-refractivity contribution in [2.75, 3.05) is 14.2 Å². The molecule has 0 fully saturated rings. The maximum Gasteiger partial charge on any atom is 0.409 e. The second kappa shape index (κ2) is 9.47. The van der Waals surface area contributed by atoms with Gasteiger partial charge in [-0.2, -0.15) is 0 Å². The number of hydrogen-bond donors (Lipinski definition) is 1. The van der Waals surface area contributed by atoms with Gasteiger partial charge in [-0.05, 0) is 53.5 Å². The van der Waals surface area contributed by atoms with Crippen molar-refractivity contribution in [3.05, 3.63) is 35.9 Å².